The van der Waals surface area contributed by atoms with Crippen LogP contribution in [0.25, 0.3) is 0 Å². The van der Waals surface area contributed by atoms with Gasteiger partial charge < -0.3 is 39.9 Å². The first-order chi connectivity index (χ1) is 17.1. The number of aromatic amines is 1. The minimum Gasteiger partial charge on any atom is -0.756 e. The summed E-state index contributed by atoms with van der Waals surface area (Å²) in [5.41, 5.74) is -1.71. The molecule has 2 aliphatic rings. The van der Waals surface area contributed by atoms with Crippen molar-refractivity contribution in [3.05, 3.63) is 33.1 Å². The summed E-state index contributed by atoms with van der Waals surface area (Å²) in [7, 11) is -11.1. The van der Waals surface area contributed by atoms with E-state index >= 15 is 0 Å². The quantitative estimate of drug-likeness (QED) is 0.158. The van der Waals surface area contributed by atoms with Gasteiger partial charge in [-0.15, -0.1) is 0 Å². The van der Waals surface area contributed by atoms with Gasteiger partial charge in [-0.1, -0.05) is 0 Å². The Labute approximate surface area is 207 Å². The van der Waals surface area contributed by atoms with Crippen LogP contribution in [0.5, 0.6) is 0 Å². The maximum atomic E-state index is 12.2. The molecule has 2 fully saturated rings. The van der Waals surface area contributed by atoms with E-state index in [4.69, 9.17) is 9.47 Å². The van der Waals surface area contributed by atoms with Crippen LogP contribution >= 0.6 is 15.6 Å². The zero-order chi connectivity index (χ0) is 27.7. The molecule has 1 aromatic heterocycles. The average molecular weight is 574 g/mol. The molecule has 20 heteroatoms. The van der Waals surface area contributed by atoms with Gasteiger partial charge in [-0.2, -0.15) is 0 Å². The highest BCUT2D eigenvalue weighted by molar-refractivity contribution is 7.60. The largest absolute Gasteiger partial charge is 0.756 e. The number of phosphoric ester groups is 2. The number of aliphatic hydroxyl groups is 3. The standard InChI is InChI=1S/C17H27N3O15P2/c1-7-5-9(18-8(2)21)12(23)16(32-7)34-37(29,30)35-36(27,28)31-6-10-13(24)14(25)15(33-10)20-4-3-11(22)19-17(20)26/h3-4,7,9-10,12-16,23-25H,5-6H2,1-2H3,(H,18,21)(H,27,28)(H,29,30)(H,19,22,26)/p-1/t7?,9-,10+,12?,13-,14?,15+,16+/m0/s1. The Morgan fingerprint density at radius 3 is 2.54 bits per heavy atom. The van der Waals surface area contributed by atoms with Crippen molar-refractivity contribution < 1.29 is 61.9 Å². The molecule has 10 atom stereocenters. The second-order valence-electron chi connectivity index (χ2n) is 8.31. The number of rotatable bonds is 9. The molecule has 6 N–H and O–H groups in total. The Bertz CT molecular complexity index is 1190. The van der Waals surface area contributed by atoms with E-state index in [0.29, 0.717) is 0 Å². The molecule has 37 heavy (non-hydrogen) atoms. The summed E-state index contributed by atoms with van der Waals surface area (Å²) in [6.07, 6.45) is -9.73. The fourth-order valence-electron chi connectivity index (χ4n) is 3.73. The van der Waals surface area contributed by atoms with Crippen molar-refractivity contribution in [1.82, 2.24) is 14.9 Å². The molecule has 0 spiro atoms. The van der Waals surface area contributed by atoms with Crippen LogP contribution in [0.2, 0.25) is 0 Å². The molecule has 0 saturated carbocycles. The molecule has 0 bridgehead atoms. The Morgan fingerprint density at radius 1 is 1.24 bits per heavy atom. The van der Waals surface area contributed by atoms with Gasteiger partial charge >= 0.3 is 13.5 Å². The molecule has 0 aromatic carbocycles. The molecular formula is C17H26N3O15P2-. The van der Waals surface area contributed by atoms with Gasteiger partial charge in [-0.3, -0.25) is 32.8 Å². The molecule has 2 saturated heterocycles. The molecule has 210 valence electrons. The fraction of sp³-hybridized carbons (Fsp3) is 0.706. The molecule has 5 unspecified atom stereocenters. The molecular weight excluding hydrogens is 548 g/mol. The lowest BCUT2D eigenvalue weighted by molar-refractivity contribution is -0.266. The van der Waals surface area contributed by atoms with Crippen molar-refractivity contribution >= 4 is 21.6 Å². The molecule has 0 aliphatic carbocycles. The van der Waals surface area contributed by atoms with Gasteiger partial charge in [0.2, 0.25) is 5.91 Å². The van der Waals surface area contributed by atoms with E-state index in [1.165, 1.54) is 13.8 Å². The molecule has 1 amide bonds. The van der Waals surface area contributed by atoms with Gasteiger partial charge in [-0.05, 0) is 13.3 Å². The highest BCUT2D eigenvalue weighted by Gasteiger charge is 2.46. The number of nitrogens with zero attached hydrogens (tertiary/aromatic N) is 1. The van der Waals surface area contributed by atoms with Crippen LogP contribution in [0.15, 0.2) is 21.9 Å². The third-order valence-corrected chi connectivity index (χ3v) is 7.90. The van der Waals surface area contributed by atoms with Crippen molar-refractivity contribution in [2.45, 2.75) is 69.3 Å². The Hall–Kier alpha value is -1.79. The molecule has 3 heterocycles. The summed E-state index contributed by atoms with van der Waals surface area (Å²) >= 11 is 0. The number of hydrogen-bond donors (Lipinski definition) is 6. The number of aromatic nitrogens is 2. The van der Waals surface area contributed by atoms with E-state index in [9.17, 15) is 48.6 Å². The first kappa shape index (κ1) is 29.8. The summed E-state index contributed by atoms with van der Waals surface area (Å²) in [6, 6.07) is 0.000174. The summed E-state index contributed by atoms with van der Waals surface area (Å²) in [6.45, 7) is 1.68. The van der Waals surface area contributed by atoms with E-state index in [0.717, 1.165) is 16.8 Å². The van der Waals surface area contributed by atoms with Gasteiger partial charge in [0.1, 0.15) is 24.4 Å². The number of aliphatic hydroxyl groups excluding tert-OH is 3. The topological polar surface area (TPSA) is 268 Å². The highest BCUT2D eigenvalue weighted by Crippen LogP contribution is 2.59. The number of carbonyl (C=O) groups is 1. The van der Waals surface area contributed by atoms with Crippen molar-refractivity contribution in [3.63, 3.8) is 0 Å². The first-order valence-electron chi connectivity index (χ1n) is 10.7. The lowest BCUT2D eigenvalue weighted by atomic mass is 10.0. The maximum absolute atomic E-state index is 12.2. The molecule has 0 radical (unpaired) electrons. The number of H-pyrrole nitrogens is 1. The second-order valence-corrected chi connectivity index (χ2v) is 11.3. The van der Waals surface area contributed by atoms with Crippen LogP contribution in [0.3, 0.4) is 0 Å². The Balaban J connectivity index is 1.61. The van der Waals surface area contributed by atoms with Crippen LogP contribution in [-0.4, -0.2) is 85.1 Å². The van der Waals surface area contributed by atoms with E-state index < -0.39 is 88.5 Å². The van der Waals surface area contributed by atoms with E-state index in [2.05, 4.69) is 18.7 Å². The van der Waals surface area contributed by atoms with Gasteiger partial charge in [0.25, 0.3) is 13.4 Å². The number of hydrogen-bond acceptors (Lipinski definition) is 14. The summed E-state index contributed by atoms with van der Waals surface area (Å²) in [4.78, 5) is 58.4. The van der Waals surface area contributed by atoms with E-state index in [-0.39, 0.29) is 6.42 Å². The summed E-state index contributed by atoms with van der Waals surface area (Å²) in [5, 5.41) is 33.0. The fourth-order valence-corrected chi connectivity index (χ4v) is 5.85. The predicted molar refractivity (Wildman–Crippen MR) is 115 cm³/mol. The minimum atomic E-state index is -5.68. The second kappa shape index (κ2) is 11.5. The highest BCUT2D eigenvalue weighted by atomic mass is 31.3. The smallest absolute Gasteiger partial charge is 0.478 e. The van der Waals surface area contributed by atoms with Gasteiger partial charge in [-0.25, -0.2) is 13.7 Å². The number of nitrogens with one attached hydrogen (secondary N) is 2. The van der Waals surface area contributed by atoms with Crippen molar-refractivity contribution in [2.75, 3.05) is 6.61 Å². The monoisotopic (exact) mass is 574 g/mol. The number of carbonyl (C=O) groups excluding carboxylic acids is 1. The summed E-state index contributed by atoms with van der Waals surface area (Å²) in [5.74, 6) is -0.513. The van der Waals surface area contributed by atoms with E-state index in [1.807, 2.05) is 4.98 Å². The average Bonchev–Trinajstić information content (AvgIpc) is 3.02. The third kappa shape index (κ3) is 7.63. The van der Waals surface area contributed by atoms with Gasteiger partial charge in [0.15, 0.2) is 12.5 Å². The van der Waals surface area contributed by atoms with E-state index in [1.54, 1.807) is 0 Å². The Morgan fingerprint density at radius 2 is 1.92 bits per heavy atom. The van der Waals surface area contributed by atoms with Crippen LogP contribution in [0.4, 0.5) is 0 Å². The normalized spacial score (nSPS) is 35.4. The SMILES string of the molecule is CC(=O)N[C@H]1CC(C)O[C@H](OP(=O)([O-])OP(=O)(O)OC[C@H]2O[C@@H](n3ccc(=O)[nH]c3=O)C(O)[C@H]2O)C1O. The maximum Gasteiger partial charge on any atom is 0.478 e. The summed E-state index contributed by atoms with van der Waals surface area (Å²) < 4.78 is 48.8. The van der Waals surface area contributed by atoms with Crippen LogP contribution < -0.4 is 21.5 Å². The van der Waals surface area contributed by atoms with Crippen molar-refractivity contribution in [3.8, 4) is 0 Å². The van der Waals surface area contributed by atoms with Crippen LogP contribution in [0, 0.1) is 0 Å². The lowest BCUT2D eigenvalue weighted by Crippen LogP contribution is -2.55. The first-order valence-corrected chi connectivity index (χ1v) is 13.7. The molecule has 1 aromatic rings. The van der Waals surface area contributed by atoms with Crippen molar-refractivity contribution in [1.29, 1.82) is 0 Å². The number of ether oxygens (including phenoxy) is 2. The molecule has 2 aliphatic heterocycles. The van der Waals surface area contributed by atoms with Gasteiger partial charge in [0.05, 0.1) is 18.8 Å². The van der Waals surface area contributed by atoms with Crippen LogP contribution in [0.1, 0.15) is 26.5 Å². The third-order valence-electron chi connectivity index (χ3n) is 5.33. The molecule has 18 nitrogen and oxygen atoms in total. The van der Waals surface area contributed by atoms with Gasteiger partial charge in [0, 0.05) is 19.2 Å². The lowest BCUT2D eigenvalue weighted by Gasteiger charge is -2.40. The zero-order valence-corrected chi connectivity index (χ0v) is 21.1. The molecule has 3 rings (SSSR count). The van der Waals surface area contributed by atoms with Crippen molar-refractivity contribution in [2.24, 2.45) is 0 Å². The minimum absolute atomic E-state index is 0.119. The number of phosphoric acid groups is 2. The number of amides is 1. The predicted octanol–water partition coefficient (Wildman–Crippen LogP) is -3.23. The zero-order valence-electron chi connectivity index (χ0n) is 19.3. The Kier molecular flexibility index (Phi) is 9.27. The van der Waals surface area contributed by atoms with Crippen LogP contribution in [-0.2, 0) is 36.8 Å².